The van der Waals surface area contributed by atoms with Crippen molar-refractivity contribution in [1.82, 2.24) is 10.0 Å². The van der Waals surface area contributed by atoms with Crippen LogP contribution in [0.5, 0.6) is 0 Å². The van der Waals surface area contributed by atoms with Gasteiger partial charge >= 0.3 is 12.0 Å². The molecule has 0 aromatic heterocycles. The Labute approximate surface area is 148 Å². The van der Waals surface area contributed by atoms with E-state index in [1.807, 2.05) is 4.72 Å². The number of urea groups is 1. The fraction of sp³-hybridized carbons (Fsp3) is 0.529. The van der Waals surface area contributed by atoms with E-state index in [-0.39, 0.29) is 10.9 Å². The molecule has 8 heteroatoms. The van der Waals surface area contributed by atoms with Gasteiger partial charge in [0.15, 0.2) is 0 Å². The maximum Gasteiger partial charge on any atom is 0.328 e. The monoisotopic (exact) mass is 368 g/mol. The molecule has 0 radical (unpaired) electrons. The molecule has 7 nitrogen and oxygen atoms in total. The Bertz CT molecular complexity index is 709. The molecule has 0 bridgehead atoms. The zero-order valence-electron chi connectivity index (χ0n) is 14.4. The lowest BCUT2D eigenvalue weighted by atomic mass is 9.96. The predicted molar refractivity (Wildman–Crippen MR) is 92.3 cm³/mol. The highest BCUT2D eigenvalue weighted by molar-refractivity contribution is 7.90. The number of carbonyl (C=O) groups is 2. The molecule has 0 saturated heterocycles. The van der Waals surface area contributed by atoms with E-state index in [9.17, 15) is 18.0 Å². The van der Waals surface area contributed by atoms with Crippen LogP contribution < -0.4 is 10.0 Å². The maximum atomic E-state index is 12.3. The number of ether oxygens (including phenoxy) is 1. The number of benzene rings is 1. The lowest BCUT2D eigenvalue weighted by Gasteiger charge is -2.22. The predicted octanol–water partition coefficient (Wildman–Crippen LogP) is 2.63. The minimum Gasteiger partial charge on any atom is -0.458 e. The molecule has 2 amide bonds. The Balaban J connectivity index is 1.98. The van der Waals surface area contributed by atoms with Crippen LogP contribution in [-0.4, -0.2) is 26.5 Å². The molecular weight excluding hydrogens is 344 g/mol. The summed E-state index contributed by atoms with van der Waals surface area (Å²) in [5, 5.41) is 2.71. The Morgan fingerprint density at radius 1 is 1.12 bits per heavy atom. The fourth-order valence-electron chi connectivity index (χ4n) is 2.88. The van der Waals surface area contributed by atoms with Gasteiger partial charge in [-0.3, -0.25) is 4.79 Å². The van der Waals surface area contributed by atoms with E-state index in [4.69, 9.17) is 4.74 Å². The second-order valence-electron chi connectivity index (χ2n) is 6.23. The minimum absolute atomic E-state index is 0.0231. The zero-order chi connectivity index (χ0) is 18.4. The first-order valence-corrected chi connectivity index (χ1v) is 9.87. The molecule has 0 unspecified atom stereocenters. The van der Waals surface area contributed by atoms with Crippen LogP contribution in [0.4, 0.5) is 4.79 Å². The van der Waals surface area contributed by atoms with E-state index >= 15 is 0 Å². The first-order valence-electron chi connectivity index (χ1n) is 8.38. The molecule has 2 N–H and O–H groups in total. The van der Waals surface area contributed by atoms with Crippen molar-refractivity contribution in [2.24, 2.45) is 0 Å². The Kier molecular flexibility index (Phi) is 6.41. The van der Waals surface area contributed by atoms with Crippen molar-refractivity contribution < 1.29 is 22.7 Å². The molecule has 1 aliphatic rings. The average Bonchev–Trinajstić information content (AvgIpc) is 2.54. The number of esters is 1. The van der Waals surface area contributed by atoms with E-state index in [1.54, 1.807) is 19.1 Å². The van der Waals surface area contributed by atoms with E-state index in [2.05, 4.69) is 5.32 Å². The maximum absolute atomic E-state index is 12.3. The third-order valence-corrected chi connectivity index (χ3v) is 5.52. The highest BCUT2D eigenvalue weighted by Crippen LogP contribution is 2.20. The van der Waals surface area contributed by atoms with Crippen molar-refractivity contribution in [2.75, 3.05) is 0 Å². The van der Waals surface area contributed by atoms with Gasteiger partial charge in [0.2, 0.25) is 0 Å². The Morgan fingerprint density at radius 2 is 1.72 bits per heavy atom. The number of nitrogens with one attached hydrogen (secondary N) is 2. The van der Waals surface area contributed by atoms with Crippen LogP contribution in [0.25, 0.3) is 0 Å². The normalized spacial score (nSPS) is 16.7. The van der Waals surface area contributed by atoms with Gasteiger partial charge in [-0.25, -0.2) is 17.9 Å². The summed E-state index contributed by atoms with van der Waals surface area (Å²) in [6.45, 7) is 3.00. The first-order chi connectivity index (χ1) is 11.8. The summed E-state index contributed by atoms with van der Waals surface area (Å²) in [4.78, 5) is 22.9. The van der Waals surface area contributed by atoms with Gasteiger partial charge in [-0.2, -0.15) is 0 Å². The summed E-state index contributed by atoms with van der Waals surface area (Å²) in [6, 6.07) is 5.19. The van der Waals surface area contributed by atoms with Gasteiger partial charge in [-0.1, -0.05) is 31.4 Å². The largest absolute Gasteiger partial charge is 0.458 e. The van der Waals surface area contributed by atoms with Gasteiger partial charge in [-0.15, -0.1) is 0 Å². The van der Waals surface area contributed by atoms with Gasteiger partial charge in [0, 0.05) is 13.0 Å². The van der Waals surface area contributed by atoms with Gasteiger partial charge in [0.25, 0.3) is 10.0 Å². The highest BCUT2D eigenvalue weighted by atomic mass is 32.2. The quantitative estimate of drug-likeness (QED) is 0.778. The fourth-order valence-corrected chi connectivity index (χ4v) is 3.79. The zero-order valence-corrected chi connectivity index (χ0v) is 15.3. The van der Waals surface area contributed by atoms with Crippen molar-refractivity contribution in [3.8, 4) is 0 Å². The molecule has 2 rings (SSSR count). The van der Waals surface area contributed by atoms with Crippen LogP contribution in [0.15, 0.2) is 29.2 Å². The molecule has 1 saturated carbocycles. The number of amides is 2. The van der Waals surface area contributed by atoms with Crippen LogP contribution in [0.3, 0.4) is 0 Å². The van der Waals surface area contributed by atoms with Crippen LogP contribution in [-0.2, 0) is 19.6 Å². The van der Waals surface area contributed by atoms with E-state index < -0.39 is 28.1 Å². The van der Waals surface area contributed by atoms with E-state index in [0.29, 0.717) is 5.56 Å². The number of sulfonamides is 1. The van der Waals surface area contributed by atoms with Crippen LogP contribution in [0.1, 0.15) is 57.6 Å². The second-order valence-corrected chi connectivity index (χ2v) is 7.92. The highest BCUT2D eigenvalue weighted by Gasteiger charge is 2.21. The Morgan fingerprint density at radius 3 is 2.28 bits per heavy atom. The van der Waals surface area contributed by atoms with Crippen LogP contribution >= 0.6 is 0 Å². The molecule has 0 heterocycles. The lowest BCUT2D eigenvalue weighted by molar-refractivity contribution is -0.145. The summed E-state index contributed by atoms with van der Waals surface area (Å²) in [5.74, 6) is -0.412. The third-order valence-electron chi connectivity index (χ3n) is 4.17. The van der Waals surface area contributed by atoms with E-state index in [1.165, 1.54) is 19.1 Å². The van der Waals surface area contributed by atoms with E-state index in [0.717, 1.165) is 32.1 Å². The molecule has 1 aromatic carbocycles. The minimum atomic E-state index is -3.95. The molecule has 138 valence electrons. The number of hydrogen-bond donors (Lipinski definition) is 2. The topological polar surface area (TPSA) is 102 Å². The summed E-state index contributed by atoms with van der Waals surface area (Å²) < 4.78 is 31.7. The van der Waals surface area contributed by atoms with Crippen LogP contribution in [0.2, 0.25) is 0 Å². The smallest absolute Gasteiger partial charge is 0.328 e. The summed E-state index contributed by atoms with van der Waals surface area (Å²) in [5.41, 5.74) is 0.667. The summed E-state index contributed by atoms with van der Waals surface area (Å²) in [6.07, 6.45) is 4.50. The standard InChI is InChI=1S/C17H24N2O5S/c1-12(24-13(2)20)14-8-10-16(11-9-14)25(22,23)19-17(21)18-15-6-4-3-5-7-15/h8-12,15H,3-7H2,1-2H3,(H2,18,19,21)/t12-/m1/s1. The Hall–Kier alpha value is -2.09. The van der Waals surface area contributed by atoms with Crippen LogP contribution in [0, 0.1) is 0 Å². The molecule has 25 heavy (non-hydrogen) atoms. The van der Waals surface area contributed by atoms with Crippen molar-refractivity contribution in [1.29, 1.82) is 0 Å². The van der Waals surface area contributed by atoms with Crippen molar-refractivity contribution in [3.63, 3.8) is 0 Å². The number of hydrogen-bond acceptors (Lipinski definition) is 5. The van der Waals surface area contributed by atoms with Crippen molar-refractivity contribution in [3.05, 3.63) is 29.8 Å². The molecule has 1 aromatic rings. The molecule has 1 aliphatic carbocycles. The summed E-state index contributed by atoms with van der Waals surface area (Å²) >= 11 is 0. The summed E-state index contributed by atoms with van der Waals surface area (Å²) in [7, 11) is -3.95. The SMILES string of the molecule is CC(=O)O[C@H](C)c1ccc(S(=O)(=O)NC(=O)NC2CCCCC2)cc1. The second kappa shape index (κ2) is 8.33. The number of rotatable bonds is 5. The van der Waals surface area contributed by atoms with Gasteiger partial charge in [0.1, 0.15) is 6.10 Å². The molecular formula is C17H24N2O5S. The first kappa shape index (κ1) is 19.2. The van der Waals surface area contributed by atoms with Crippen molar-refractivity contribution in [2.45, 2.75) is 63.0 Å². The number of carbonyl (C=O) groups excluding carboxylic acids is 2. The van der Waals surface area contributed by atoms with Gasteiger partial charge < -0.3 is 10.1 Å². The van der Waals surface area contributed by atoms with Crippen molar-refractivity contribution >= 4 is 22.0 Å². The average molecular weight is 368 g/mol. The molecule has 1 atom stereocenters. The molecule has 0 aliphatic heterocycles. The van der Waals surface area contributed by atoms with Gasteiger partial charge in [0.05, 0.1) is 4.90 Å². The molecule has 1 fully saturated rings. The lowest BCUT2D eigenvalue weighted by Crippen LogP contribution is -2.45. The molecule has 0 spiro atoms. The van der Waals surface area contributed by atoms with Gasteiger partial charge in [-0.05, 0) is 37.5 Å². The third kappa shape index (κ3) is 5.74.